The first-order chi connectivity index (χ1) is 16.2. The topological polar surface area (TPSA) is 190 Å². The lowest BCUT2D eigenvalue weighted by Gasteiger charge is -2.51. The van der Waals surface area contributed by atoms with Crippen LogP contribution in [0.3, 0.4) is 0 Å². The number of aromatic nitrogens is 1. The number of nitrogens with one attached hydrogen (secondary N) is 1. The number of amides is 2. The summed E-state index contributed by atoms with van der Waals surface area (Å²) in [5.74, 6) is -2.55. The number of carbonyl (C=O) groups is 3. The van der Waals surface area contributed by atoms with Gasteiger partial charge in [0, 0.05) is 16.7 Å². The molecule has 15 heteroatoms. The normalized spacial score (nSPS) is 20.6. The molecule has 0 saturated carbocycles. The number of rotatable bonds is 11. The van der Waals surface area contributed by atoms with Crippen molar-refractivity contribution in [3.63, 3.8) is 0 Å². The molecule has 186 valence electrons. The van der Waals surface area contributed by atoms with Gasteiger partial charge in [0.2, 0.25) is 0 Å². The van der Waals surface area contributed by atoms with Gasteiger partial charge in [-0.1, -0.05) is 5.16 Å². The molecule has 13 nitrogen and oxygen atoms in total. The van der Waals surface area contributed by atoms with E-state index in [4.69, 9.17) is 10.6 Å². The van der Waals surface area contributed by atoms with Gasteiger partial charge in [-0.2, -0.15) is 0 Å². The standard InChI is InChI=1S/C19H26N6O7S2/c1-25(3-5-26,4-6-27)7-10-8-33-17-13(16(29)24(17)14(10)18(30)31)22-15(28)12(23-32-2)11-9-34-19(20)21-11/h9,13,17,26-27H,3-8H2,1-2H3,(H3-,20,21,22,28,30,31)/b23-12-/t13?,17-/m0/s1. The second-order valence-corrected chi connectivity index (χ2v) is 9.96. The Bertz CT molecular complexity index is 1020. The van der Waals surface area contributed by atoms with Crippen LogP contribution in [0.1, 0.15) is 5.69 Å². The van der Waals surface area contributed by atoms with Crippen LogP contribution in [0.15, 0.2) is 21.8 Å². The van der Waals surface area contributed by atoms with E-state index in [0.29, 0.717) is 18.7 Å². The van der Waals surface area contributed by atoms with Gasteiger partial charge in [-0.05, 0) is 0 Å². The number of aliphatic hydroxyl groups excluding tert-OH is 2. The predicted molar refractivity (Wildman–Crippen MR) is 122 cm³/mol. The third-order valence-corrected chi connectivity index (χ3v) is 7.56. The minimum absolute atomic E-state index is 0.146. The number of oxime groups is 1. The zero-order valence-corrected chi connectivity index (χ0v) is 20.2. The smallest absolute Gasteiger partial charge is 0.276 e. The summed E-state index contributed by atoms with van der Waals surface area (Å²) in [5.41, 5.74) is 5.86. The summed E-state index contributed by atoms with van der Waals surface area (Å²) in [7, 11) is 3.04. The van der Waals surface area contributed by atoms with Crippen molar-refractivity contribution in [3.8, 4) is 0 Å². The van der Waals surface area contributed by atoms with E-state index in [1.807, 2.05) is 0 Å². The highest BCUT2D eigenvalue weighted by atomic mass is 32.2. The van der Waals surface area contributed by atoms with Crippen molar-refractivity contribution in [2.24, 2.45) is 5.16 Å². The average Bonchev–Trinajstić information content (AvgIpc) is 3.21. The number of nitrogens with zero attached hydrogens (tertiary/aromatic N) is 4. The molecule has 0 bridgehead atoms. The number of carboxylic acid groups (broad SMARTS) is 1. The van der Waals surface area contributed by atoms with Crippen LogP contribution in [0, 0.1) is 0 Å². The maximum Gasteiger partial charge on any atom is 0.276 e. The van der Waals surface area contributed by atoms with Gasteiger partial charge in [-0.25, -0.2) is 4.98 Å². The van der Waals surface area contributed by atoms with E-state index in [-0.39, 0.29) is 52.2 Å². The van der Waals surface area contributed by atoms with Crippen LogP contribution in [0.2, 0.25) is 0 Å². The van der Waals surface area contributed by atoms with Crippen molar-refractivity contribution in [1.82, 2.24) is 15.2 Å². The summed E-state index contributed by atoms with van der Waals surface area (Å²) in [6, 6.07) is -0.984. The van der Waals surface area contributed by atoms with E-state index in [2.05, 4.69) is 15.5 Å². The largest absolute Gasteiger partial charge is 0.543 e. The molecule has 5 N–H and O–H groups in total. The van der Waals surface area contributed by atoms with Crippen molar-refractivity contribution >= 4 is 51.7 Å². The van der Waals surface area contributed by atoms with E-state index in [0.717, 1.165) is 16.2 Å². The molecule has 3 rings (SSSR count). The van der Waals surface area contributed by atoms with E-state index >= 15 is 0 Å². The molecule has 0 aromatic carbocycles. The Hall–Kier alpha value is -2.72. The number of fused-ring (bicyclic) bond motifs is 1. The lowest BCUT2D eigenvalue weighted by atomic mass is 10.0. The quantitative estimate of drug-likeness (QED) is 0.102. The van der Waals surface area contributed by atoms with Crippen LogP contribution in [0.4, 0.5) is 5.13 Å². The summed E-state index contributed by atoms with van der Waals surface area (Å²) in [6.45, 7) is 0.516. The number of β-lactam (4-membered cyclic amide) rings is 1. The summed E-state index contributed by atoms with van der Waals surface area (Å²) in [4.78, 5) is 47.6. The number of thioether (sulfide) groups is 1. The number of nitrogens with two attached hydrogens (primary N) is 1. The molecule has 1 aromatic heterocycles. The van der Waals surface area contributed by atoms with Gasteiger partial charge in [-0.15, -0.1) is 23.1 Å². The third kappa shape index (κ3) is 5.17. The Kier molecular flexibility index (Phi) is 8.14. The van der Waals surface area contributed by atoms with E-state index in [1.165, 1.54) is 24.3 Å². The molecule has 3 heterocycles. The molecule has 0 spiro atoms. The average molecular weight is 515 g/mol. The minimum atomic E-state index is -1.50. The highest BCUT2D eigenvalue weighted by Crippen LogP contribution is 2.40. The molecule has 2 aliphatic heterocycles. The fraction of sp³-hybridized carbons (Fsp3) is 0.526. The number of aliphatic hydroxyl groups is 2. The van der Waals surface area contributed by atoms with Crippen LogP contribution < -0.4 is 16.2 Å². The highest BCUT2D eigenvalue weighted by molar-refractivity contribution is 8.00. The first-order valence-electron chi connectivity index (χ1n) is 10.2. The number of nitrogen functional groups attached to an aromatic ring is 1. The van der Waals surface area contributed by atoms with Crippen molar-refractivity contribution in [1.29, 1.82) is 0 Å². The SMILES string of the molecule is CO/N=C(\C(=O)NC1C(=O)N2C(C(=O)[O-])=C(C[N+](C)(CCO)CCO)CS[C@@H]12)c1csc(N)n1. The molecule has 34 heavy (non-hydrogen) atoms. The van der Waals surface area contributed by atoms with E-state index in [1.54, 1.807) is 7.05 Å². The number of aliphatic carboxylic acids is 1. The predicted octanol–water partition coefficient (Wildman–Crippen LogP) is -3.09. The second-order valence-electron chi connectivity index (χ2n) is 7.97. The van der Waals surface area contributed by atoms with Crippen molar-refractivity contribution in [2.45, 2.75) is 11.4 Å². The summed E-state index contributed by atoms with van der Waals surface area (Å²) in [5, 5.41) is 38.1. The van der Waals surface area contributed by atoms with Gasteiger partial charge in [0.25, 0.3) is 11.8 Å². The lowest BCUT2D eigenvalue weighted by molar-refractivity contribution is -0.905. The molecular weight excluding hydrogens is 488 g/mol. The van der Waals surface area contributed by atoms with E-state index < -0.39 is 29.2 Å². The number of quaternary nitrogens is 1. The maximum atomic E-state index is 12.9. The fourth-order valence-corrected chi connectivity index (χ4v) is 5.79. The molecule has 2 aliphatic rings. The van der Waals surface area contributed by atoms with Crippen LogP contribution in [0.5, 0.6) is 0 Å². The van der Waals surface area contributed by atoms with Crippen LogP contribution in [-0.2, 0) is 19.2 Å². The number of hydrogen-bond acceptors (Lipinski definition) is 12. The van der Waals surface area contributed by atoms with Gasteiger partial charge in [0.05, 0.1) is 31.9 Å². The monoisotopic (exact) mass is 514 g/mol. The van der Waals surface area contributed by atoms with Gasteiger partial charge in [-0.3, -0.25) is 14.5 Å². The second kappa shape index (κ2) is 10.7. The van der Waals surface area contributed by atoms with Gasteiger partial charge in [0.15, 0.2) is 10.8 Å². The molecule has 1 saturated heterocycles. The summed E-state index contributed by atoms with van der Waals surface area (Å²) in [6.07, 6.45) is 0. The number of carboxylic acids is 1. The number of hydrogen-bond donors (Lipinski definition) is 4. The molecule has 0 aliphatic carbocycles. The molecule has 1 aromatic rings. The van der Waals surface area contributed by atoms with Gasteiger partial charge >= 0.3 is 0 Å². The number of likely N-dealkylation sites (N-methyl/N-ethyl adjacent to an activating group) is 1. The first-order valence-corrected chi connectivity index (χ1v) is 12.1. The van der Waals surface area contributed by atoms with Crippen molar-refractivity contribution in [2.75, 3.05) is 58.5 Å². The Morgan fingerprint density at radius 2 is 2.09 bits per heavy atom. The molecule has 2 atom stereocenters. The lowest BCUT2D eigenvalue weighted by Crippen LogP contribution is -2.72. The van der Waals surface area contributed by atoms with Crippen molar-refractivity contribution in [3.05, 3.63) is 22.3 Å². The van der Waals surface area contributed by atoms with Crippen LogP contribution in [0.25, 0.3) is 0 Å². The maximum absolute atomic E-state index is 12.9. The molecular formula is C19H26N6O7S2. The van der Waals surface area contributed by atoms with Crippen molar-refractivity contribution < 1.29 is 39.0 Å². The number of anilines is 1. The van der Waals surface area contributed by atoms with E-state index in [9.17, 15) is 29.7 Å². The zero-order valence-electron chi connectivity index (χ0n) is 18.6. The molecule has 1 fully saturated rings. The fourth-order valence-electron chi connectivity index (χ4n) is 3.91. The Labute approximate surface area is 203 Å². The van der Waals surface area contributed by atoms with Crippen LogP contribution >= 0.6 is 23.1 Å². The Balaban J connectivity index is 1.80. The molecule has 0 radical (unpaired) electrons. The zero-order chi connectivity index (χ0) is 25.0. The van der Waals surface area contributed by atoms with Crippen LogP contribution in [-0.4, -0.2) is 112 Å². The van der Waals surface area contributed by atoms with Gasteiger partial charge < -0.3 is 40.5 Å². The summed E-state index contributed by atoms with van der Waals surface area (Å²) < 4.78 is 0.195. The highest BCUT2D eigenvalue weighted by Gasteiger charge is 2.53. The Morgan fingerprint density at radius 3 is 2.62 bits per heavy atom. The first kappa shape index (κ1) is 25.9. The number of carbonyl (C=O) groups excluding carboxylic acids is 3. The summed E-state index contributed by atoms with van der Waals surface area (Å²) >= 11 is 2.41. The third-order valence-electron chi connectivity index (χ3n) is 5.54. The molecule has 1 unspecified atom stereocenters. The Morgan fingerprint density at radius 1 is 1.41 bits per heavy atom. The molecule has 2 amide bonds. The number of thiazole rings is 1. The van der Waals surface area contributed by atoms with Gasteiger partial charge in [0.1, 0.15) is 43.9 Å². The minimum Gasteiger partial charge on any atom is -0.543 e.